The van der Waals surface area contributed by atoms with E-state index >= 15 is 0 Å². The SMILES string of the molecule is COC1CCN(c2cnc3c(C=O)ccc(F)c3c2)CC1. The summed E-state index contributed by atoms with van der Waals surface area (Å²) in [5, 5.41) is 0.394. The van der Waals surface area contributed by atoms with Crippen molar-refractivity contribution in [1.82, 2.24) is 4.98 Å². The number of aldehydes is 1. The van der Waals surface area contributed by atoms with Crippen LogP contribution in [-0.4, -0.2) is 37.6 Å². The van der Waals surface area contributed by atoms with Crippen molar-refractivity contribution in [3.63, 3.8) is 0 Å². The topological polar surface area (TPSA) is 42.4 Å². The zero-order valence-electron chi connectivity index (χ0n) is 11.9. The molecule has 3 rings (SSSR count). The van der Waals surface area contributed by atoms with Crippen LogP contribution in [0.2, 0.25) is 0 Å². The Hall–Kier alpha value is -2.01. The van der Waals surface area contributed by atoms with Crippen LogP contribution < -0.4 is 4.90 Å². The minimum absolute atomic E-state index is 0.299. The van der Waals surface area contributed by atoms with E-state index in [9.17, 15) is 9.18 Å². The van der Waals surface area contributed by atoms with Gasteiger partial charge in [0.15, 0.2) is 6.29 Å². The van der Waals surface area contributed by atoms with E-state index in [1.807, 2.05) is 0 Å². The van der Waals surface area contributed by atoms with E-state index in [1.54, 1.807) is 19.4 Å². The lowest BCUT2D eigenvalue weighted by atomic mass is 10.1. The predicted molar refractivity (Wildman–Crippen MR) is 79.3 cm³/mol. The van der Waals surface area contributed by atoms with Gasteiger partial charge in [-0.25, -0.2) is 4.39 Å². The standard InChI is InChI=1S/C16H17FN2O2/c1-21-13-4-6-19(7-5-13)12-8-14-15(17)3-2-11(10-20)16(14)18-9-12/h2-3,8-10,13H,4-7H2,1H3. The van der Waals surface area contributed by atoms with Crippen molar-refractivity contribution < 1.29 is 13.9 Å². The maximum atomic E-state index is 14.0. The van der Waals surface area contributed by atoms with Gasteiger partial charge >= 0.3 is 0 Å². The van der Waals surface area contributed by atoms with Gasteiger partial charge in [0.1, 0.15) is 5.82 Å². The van der Waals surface area contributed by atoms with Crippen LogP contribution in [0, 0.1) is 5.82 Å². The Balaban J connectivity index is 1.94. The van der Waals surface area contributed by atoms with E-state index in [0.717, 1.165) is 31.6 Å². The predicted octanol–water partition coefficient (Wildman–Crippen LogP) is 2.80. The van der Waals surface area contributed by atoms with Gasteiger partial charge in [-0.3, -0.25) is 9.78 Å². The van der Waals surface area contributed by atoms with Gasteiger partial charge in [0, 0.05) is 31.1 Å². The molecule has 1 aromatic heterocycles. The summed E-state index contributed by atoms with van der Waals surface area (Å²) < 4.78 is 19.3. The molecule has 5 heteroatoms. The third-order valence-electron chi connectivity index (χ3n) is 4.08. The molecule has 0 aliphatic carbocycles. The summed E-state index contributed by atoms with van der Waals surface area (Å²) in [6.45, 7) is 1.72. The highest BCUT2D eigenvalue weighted by Crippen LogP contribution is 2.26. The number of rotatable bonds is 3. The van der Waals surface area contributed by atoms with Crippen molar-refractivity contribution in [2.24, 2.45) is 0 Å². The number of halogens is 1. The minimum Gasteiger partial charge on any atom is -0.381 e. The molecule has 1 aromatic carbocycles. The number of carbonyl (C=O) groups is 1. The number of nitrogens with zero attached hydrogens (tertiary/aromatic N) is 2. The second kappa shape index (κ2) is 5.77. The van der Waals surface area contributed by atoms with E-state index in [2.05, 4.69) is 9.88 Å². The van der Waals surface area contributed by atoms with Crippen LogP contribution in [0.1, 0.15) is 23.2 Å². The van der Waals surface area contributed by atoms with E-state index in [0.29, 0.717) is 28.9 Å². The number of fused-ring (bicyclic) bond motifs is 1. The summed E-state index contributed by atoms with van der Waals surface area (Å²) in [4.78, 5) is 17.5. The lowest BCUT2D eigenvalue weighted by molar-refractivity contribution is 0.0819. The van der Waals surface area contributed by atoms with Gasteiger partial charge in [-0.05, 0) is 31.0 Å². The van der Waals surface area contributed by atoms with Gasteiger partial charge in [0.25, 0.3) is 0 Å². The van der Waals surface area contributed by atoms with E-state index in [-0.39, 0.29) is 5.82 Å². The molecule has 1 saturated heterocycles. The Kier molecular flexibility index (Phi) is 3.84. The molecule has 110 valence electrons. The Morgan fingerprint density at radius 2 is 2.14 bits per heavy atom. The summed E-state index contributed by atoms with van der Waals surface area (Å²) in [5.41, 5.74) is 1.72. The fourth-order valence-corrected chi connectivity index (χ4v) is 2.82. The summed E-state index contributed by atoms with van der Waals surface area (Å²) >= 11 is 0. The van der Waals surface area contributed by atoms with Gasteiger partial charge in [0.2, 0.25) is 0 Å². The number of benzene rings is 1. The number of methoxy groups -OCH3 is 1. The Morgan fingerprint density at radius 1 is 1.38 bits per heavy atom. The first-order valence-corrected chi connectivity index (χ1v) is 7.04. The molecule has 0 N–H and O–H groups in total. The lowest BCUT2D eigenvalue weighted by Gasteiger charge is -2.32. The fourth-order valence-electron chi connectivity index (χ4n) is 2.82. The first-order valence-electron chi connectivity index (χ1n) is 7.04. The molecule has 1 aliphatic heterocycles. The van der Waals surface area contributed by atoms with Crippen molar-refractivity contribution in [3.05, 3.63) is 35.8 Å². The summed E-state index contributed by atoms with van der Waals surface area (Å²) in [6, 6.07) is 4.55. The smallest absolute Gasteiger partial charge is 0.152 e. The Morgan fingerprint density at radius 3 is 2.81 bits per heavy atom. The van der Waals surface area contributed by atoms with E-state index < -0.39 is 0 Å². The normalized spacial score (nSPS) is 16.4. The number of hydrogen-bond acceptors (Lipinski definition) is 4. The van der Waals surface area contributed by atoms with Crippen molar-refractivity contribution >= 4 is 22.9 Å². The quantitative estimate of drug-likeness (QED) is 0.815. The summed E-state index contributed by atoms with van der Waals surface area (Å²) in [6.07, 6.45) is 4.62. The second-order valence-corrected chi connectivity index (χ2v) is 5.27. The van der Waals surface area contributed by atoms with Gasteiger partial charge in [-0.1, -0.05) is 0 Å². The Bertz CT molecular complexity index is 667. The third-order valence-corrected chi connectivity index (χ3v) is 4.08. The average molecular weight is 288 g/mol. The molecule has 0 amide bonds. The molecule has 2 aromatic rings. The molecule has 1 fully saturated rings. The van der Waals surface area contributed by atoms with E-state index in [4.69, 9.17) is 4.74 Å². The lowest BCUT2D eigenvalue weighted by Crippen LogP contribution is -2.36. The Labute approximate surface area is 122 Å². The van der Waals surface area contributed by atoms with Crippen LogP contribution in [-0.2, 0) is 4.74 Å². The van der Waals surface area contributed by atoms with Gasteiger partial charge in [0.05, 0.1) is 23.5 Å². The molecule has 0 saturated carbocycles. The first-order chi connectivity index (χ1) is 10.2. The third kappa shape index (κ3) is 2.61. The van der Waals surface area contributed by atoms with Crippen LogP contribution in [0.25, 0.3) is 10.9 Å². The molecule has 0 atom stereocenters. The highest BCUT2D eigenvalue weighted by atomic mass is 19.1. The van der Waals surface area contributed by atoms with Crippen molar-refractivity contribution in [1.29, 1.82) is 0 Å². The molecule has 0 radical (unpaired) electrons. The number of anilines is 1. The zero-order valence-corrected chi connectivity index (χ0v) is 11.9. The van der Waals surface area contributed by atoms with Crippen LogP contribution >= 0.6 is 0 Å². The number of pyridine rings is 1. The minimum atomic E-state index is -0.350. The van der Waals surface area contributed by atoms with Gasteiger partial charge < -0.3 is 9.64 Å². The average Bonchev–Trinajstić information content (AvgIpc) is 2.55. The molecule has 1 aliphatic rings. The van der Waals surface area contributed by atoms with Crippen molar-refractivity contribution in [2.75, 3.05) is 25.1 Å². The number of piperidine rings is 1. The van der Waals surface area contributed by atoms with Crippen LogP contribution in [0.4, 0.5) is 10.1 Å². The number of carbonyl (C=O) groups excluding carboxylic acids is 1. The maximum Gasteiger partial charge on any atom is 0.152 e. The molecule has 0 spiro atoms. The van der Waals surface area contributed by atoms with Crippen LogP contribution in [0.15, 0.2) is 24.4 Å². The zero-order chi connectivity index (χ0) is 14.8. The number of aromatic nitrogens is 1. The molecule has 0 bridgehead atoms. The van der Waals surface area contributed by atoms with E-state index in [1.165, 1.54) is 12.1 Å². The van der Waals surface area contributed by atoms with Gasteiger partial charge in [-0.2, -0.15) is 0 Å². The monoisotopic (exact) mass is 288 g/mol. The molecule has 21 heavy (non-hydrogen) atoms. The summed E-state index contributed by atoms with van der Waals surface area (Å²) in [5.74, 6) is -0.350. The number of hydrogen-bond donors (Lipinski definition) is 0. The van der Waals surface area contributed by atoms with Crippen molar-refractivity contribution in [2.45, 2.75) is 18.9 Å². The highest BCUT2D eigenvalue weighted by Gasteiger charge is 2.20. The molecular weight excluding hydrogens is 271 g/mol. The molecule has 2 heterocycles. The summed E-state index contributed by atoms with van der Waals surface area (Å²) in [7, 11) is 1.73. The number of ether oxygens (including phenoxy) is 1. The maximum absolute atomic E-state index is 14.0. The molecule has 0 unspecified atom stereocenters. The van der Waals surface area contributed by atoms with Crippen LogP contribution in [0.3, 0.4) is 0 Å². The van der Waals surface area contributed by atoms with Crippen molar-refractivity contribution in [3.8, 4) is 0 Å². The molecule has 4 nitrogen and oxygen atoms in total. The first kappa shape index (κ1) is 13.9. The largest absolute Gasteiger partial charge is 0.381 e. The highest BCUT2D eigenvalue weighted by molar-refractivity contribution is 5.96. The van der Waals surface area contributed by atoms with Crippen LogP contribution in [0.5, 0.6) is 0 Å². The second-order valence-electron chi connectivity index (χ2n) is 5.27. The van der Waals surface area contributed by atoms with Gasteiger partial charge in [-0.15, -0.1) is 0 Å². The fraction of sp³-hybridized carbons (Fsp3) is 0.375. The molecular formula is C16H17FN2O2.